The van der Waals surface area contributed by atoms with Gasteiger partial charge in [-0.1, -0.05) is 103 Å². The molecule has 0 radical (unpaired) electrons. The van der Waals surface area contributed by atoms with Crippen molar-refractivity contribution in [3.63, 3.8) is 0 Å². The van der Waals surface area contributed by atoms with E-state index in [0.717, 1.165) is 44.3 Å². The summed E-state index contributed by atoms with van der Waals surface area (Å²) in [6.07, 6.45) is -0.686. The van der Waals surface area contributed by atoms with Crippen LogP contribution in [0.15, 0.2) is 146 Å². The zero-order valence-electron chi connectivity index (χ0n) is 25.6. The maximum atomic E-state index is 13.3. The molecule has 0 saturated heterocycles. The van der Waals surface area contributed by atoms with Gasteiger partial charge in [0.05, 0.1) is 5.56 Å². The number of hydrogen-bond donors (Lipinski definition) is 3. The second-order valence-electron chi connectivity index (χ2n) is 11.0. The first-order valence-corrected chi connectivity index (χ1v) is 15.3. The summed E-state index contributed by atoms with van der Waals surface area (Å²) in [5.41, 5.74) is 6.40. The summed E-state index contributed by atoms with van der Waals surface area (Å²) in [4.78, 5) is 25.6. The summed E-state index contributed by atoms with van der Waals surface area (Å²) in [5.74, 6) is -0.436. The number of amides is 1. The maximum absolute atomic E-state index is 13.3. The van der Waals surface area contributed by atoms with Gasteiger partial charge in [-0.25, -0.2) is 9.59 Å². The lowest BCUT2D eigenvalue weighted by Gasteiger charge is -2.17. The average molecular weight is 620 g/mol. The van der Waals surface area contributed by atoms with Crippen molar-refractivity contribution in [2.45, 2.75) is 19.8 Å². The molecule has 232 valence electrons. The predicted octanol–water partition coefficient (Wildman–Crippen LogP) is 8.73. The zero-order valence-corrected chi connectivity index (χ0v) is 25.6. The molecule has 6 rings (SSSR count). The van der Waals surface area contributed by atoms with Crippen molar-refractivity contribution in [3.8, 4) is 11.1 Å². The highest BCUT2D eigenvalue weighted by Gasteiger charge is 2.17. The number of esters is 1. The minimum Gasteiger partial charge on any atom is -0.457 e. The van der Waals surface area contributed by atoms with Crippen molar-refractivity contribution >= 4 is 34.4 Å². The Morgan fingerprint density at radius 3 is 1.85 bits per heavy atom. The molecule has 0 unspecified atom stereocenters. The molecule has 47 heavy (non-hydrogen) atoms. The third kappa shape index (κ3) is 7.90. The van der Waals surface area contributed by atoms with Crippen LogP contribution in [0.1, 0.15) is 32.6 Å². The lowest BCUT2D eigenvalue weighted by atomic mass is 9.92. The van der Waals surface area contributed by atoms with Crippen molar-refractivity contribution in [2.75, 3.05) is 5.32 Å². The van der Waals surface area contributed by atoms with Crippen LogP contribution in [0.3, 0.4) is 0 Å². The molecule has 0 heterocycles. The van der Waals surface area contributed by atoms with Crippen molar-refractivity contribution < 1.29 is 19.1 Å². The second kappa shape index (κ2) is 14.7. The summed E-state index contributed by atoms with van der Waals surface area (Å²) >= 11 is 0. The third-order valence-electron chi connectivity index (χ3n) is 7.72. The Balaban J connectivity index is 1.16. The summed E-state index contributed by atoms with van der Waals surface area (Å²) < 4.78 is 10.9. The number of carbonyl (C=O) groups is 2. The molecule has 0 spiro atoms. The van der Waals surface area contributed by atoms with E-state index in [2.05, 4.69) is 34.9 Å². The van der Waals surface area contributed by atoms with E-state index in [0.29, 0.717) is 17.7 Å². The van der Waals surface area contributed by atoms with Crippen LogP contribution in [0.4, 0.5) is 10.5 Å². The quantitative estimate of drug-likeness (QED) is 0.0809. The van der Waals surface area contributed by atoms with E-state index in [9.17, 15) is 9.59 Å². The van der Waals surface area contributed by atoms with Crippen LogP contribution in [0.25, 0.3) is 21.9 Å². The highest BCUT2D eigenvalue weighted by atomic mass is 16.5. The topological polar surface area (TPSA) is 101 Å². The Morgan fingerprint density at radius 2 is 1.17 bits per heavy atom. The number of ether oxygens (including phenoxy) is 2. The predicted molar refractivity (Wildman–Crippen MR) is 185 cm³/mol. The van der Waals surface area contributed by atoms with Gasteiger partial charge in [0.1, 0.15) is 19.0 Å². The molecule has 0 atom stereocenters. The van der Waals surface area contributed by atoms with Gasteiger partial charge in [-0.05, 0) is 81.1 Å². The number of hydrogen-bond acceptors (Lipinski definition) is 6. The minimum atomic E-state index is -0.686. The van der Waals surface area contributed by atoms with Crippen LogP contribution in [0.2, 0.25) is 0 Å². The molecule has 0 aliphatic heterocycles. The van der Waals surface area contributed by atoms with Crippen molar-refractivity contribution in [1.29, 1.82) is 5.41 Å². The van der Waals surface area contributed by atoms with Crippen LogP contribution < -0.4 is 10.6 Å². The molecule has 7 heteroatoms. The maximum Gasteiger partial charge on any atom is 0.413 e. The van der Waals surface area contributed by atoms with Gasteiger partial charge >= 0.3 is 12.1 Å². The van der Waals surface area contributed by atoms with Gasteiger partial charge in [0, 0.05) is 17.8 Å². The van der Waals surface area contributed by atoms with Gasteiger partial charge in [-0.3, -0.25) is 10.7 Å². The van der Waals surface area contributed by atoms with Gasteiger partial charge < -0.3 is 14.8 Å². The van der Waals surface area contributed by atoms with E-state index in [-0.39, 0.29) is 25.0 Å². The van der Waals surface area contributed by atoms with Gasteiger partial charge in [0.15, 0.2) is 0 Å². The number of fused-ring (bicyclic) bond motifs is 1. The monoisotopic (exact) mass is 619 g/mol. The van der Waals surface area contributed by atoms with Crippen LogP contribution in [-0.4, -0.2) is 17.9 Å². The van der Waals surface area contributed by atoms with E-state index < -0.39 is 6.09 Å². The Labute approximate surface area is 273 Å². The van der Waals surface area contributed by atoms with Crippen molar-refractivity contribution in [2.24, 2.45) is 0 Å². The first-order valence-electron chi connectivity index (χ1n) is 15.3. The van der Waals surface area contributed by atoms with E-state index >= 15 is 0 Å². The van der Waals surface area contributed by atoms with Gasteiger partial charge in [0.25, 0.3) is 0 Å². The van der Waals surface area contributed by atoms with E-state index in [1.807, 2.05) is 103 Å². The Kier molecular flexibility index (Phi) is 9.64. The molecule has 0 fully saturated rings. The zero-order chi connectivity index (χ0) is 32.4. The highest BCUT2D eigenvalue weighted by molar-refractivity contribution is 6.04. The Morgan fingerprint density at radius 1 is 0.596 bits per heavy atom. The standard InChI is InChI=1S/C40H33N3O4/c41-38(43-40(45)47-27-29-13-5-2-6-14-29)30-19-21-34(22-20-30)42-25-33-23-31-15-7-8-16-32(31)24-37(33)35-17-9-10-18-36(35)39(44)46-26-28-11-3-1-4-12-28/h1-24,42H,25-27H2,(H2,41,43,45). The Hall–Kier alpha value is -6.21. The molecule has 6 aromatic rings. The average Bonchev–Trinajstić information content (AvgIpc) is 3.12. The van der Waals surface area contributed by atoms with Crippen LogP contribution in [-0.2, 0) is 29.2 Å². The molecule has 0 aliphatic rings. The minimum absolute atomic E-state index is 0.0535. The molecule has 0 bridgehead atoms. The van der Waals surface area contributed by atoms with Crippen molar-refractivity contribution in [3.05, 3.63) is 173 Å². The molecule has 6 aromatic carbocycles. The van der Waals surface area contributed by atoms with Gasteiger partial charge in [0.2, 0.25) is 0 Å². The van der Waals surface area contributed by atoms with Crippen molar-refractivity contribution in [1.82, 2.24) is 5.32 Å². The normalized spacial score (nSPS) is 10.6. The first-order chi connectivity index (χ1) is 23.0. The van der Waals surface area contributed by atoms with Crippen LogP contribution in [0, 0.1) is 5.41 Å². The number of nitrogens with one attached hydrogen (secondary N) is 3. The molecular formula is C40H33N3O4. The first kappa shape index (κ1) is 30.8. The van der Waals surface area contributed by atoms with E-state index in [1.54, 1.807) is 18.2 Å². The molecule has 1 amide bonds. The van der Waals surface area contributed by atoms with E-state index in [4.69, 9.17) is 14.9 Å². The molecule has 3 N–H and O–H groups in total. The molecule has 0 saturated carbocycles. The highest BCUT2D eigenvalue weighted by Crippen LogP contribution is 2.32. The number of carbonyl (C=O) groups excluding carboxylic acids is 2. The second-order valence-corrected chi connectivity index (χ2v) is 11.0. The lowest BCUT2D eigenvalue weighted by Crippen LogP contribution is -2.30. The number of alkyl carbamates (subject to hydrolysis) is 1. The summed E-state index contributed by atoms with van der Waals surface area (Å²) in [6, 6.07) is 46.2. The summed E-state index contributed by atoms with van der Waals surface area (Å²) in [5, 5.41) is 16.4. The Bertz CT molecular complexity index is 2010. The summed E-state index contributed by atoms with van der Waals surface area (Å²) in [6.45, 7) is 0.797. The number of rotatable bonds is 10. The SMILES string of the molecule is N=C(NC(=O)OCc1ccccc1)c1ccc(NCc2cc3ccccc3cc2-c2ccccc2C(=O)OCc2ccccc2)cc1. The number of amidine groups is 1. The fraction of sp³-hybridized carbons (Fsp3) is 0.0750. The number of benzene rings is 6. The molecule has 7 nitrogen and oxygen atoms in total. The molecule has 0 aliphatic carbocycles. The smallest absolute Gasteiger partial charge is 0.413 e. The fourth-order valence-corrected chi connectivity index (χ4v) is 5.27. The van der Waals surface area contributed by atoms with Gasteiger partial charge in [-0.15, -0.1) is 0 Å². The summed E-state index contributed by atoms with van der Waals surface area (Å²) in [7, 11) is 0. The number of anilines is 1. The third-order valence-corrected chi connectivity index (χ3v) is 7.72. The lowest BCUT2D eigenvalue weighted by molar-refractivity contribution is 0.0473. The van der Waals surface area contributed by atoms with Crippen LogP contribution in [0.5, 0.6) is 0 Å². The van der Waals surface area contributed by atoms with Crippen LogP contribution >= 0.6 is 0 Å². The largest absolute Gasteiger partial charge is 0.457 e. The van der Waals surface area contributed by atoms with E-state index in [1.165, 1.54) is 0 Å². The fourth-order valence-electron chi connectivity index (χ4n) is 5.27. The van der Waals surface area contributed by atoms with Gasteiger partial charge in [-0.2, -0.15) is 0 Å². The molecule has 0 aromatic heterocycles. The molecular weight excluding hydrogens is 586 g/mol.